The normalized spacial score (nSPS) is 11.9. The number of nitrogens with zero attached hydrogens (tertiary/aromatic N) is 2. The molecule has 0 atom stereocenters. The van der Waals surface area contributed by atoms with E-state index in [1.54, 1.807) is 0 Å². The average molecular weight is 661 g/mol. The molecule has 8 aromatic carbocycles. The minimum absolute atomic E-state index is 0.991. The second-order valence-corrected chi connectivity index (χ2v) is 13.9. The molecule has 2 heterocycles. The van der Waals surface area contributed by atoms with Gasteiger partial charge < -0.3 is 4.57 Å². The molecule has 0 fully saturated rings. The number of benzene rings is 8. The van der Waals surface area contributed by atoms with Gasteiger partial charge in [-0.1, -0.05) is 152 Å². The van der Waals surface area contributed by atoms with E-state index in [1.165, 1.54) is 88.1 Å². The van der Waals surface area contributed by atoms with Crippen LogP contribution < -0.4 is 0 Å². The Balaban J connectivity index is 1.19. The molecule has 0 N–H and O–H groups in total. The predicted octanol–water partition coefficient (Wildman–Crippen LogP) is 13.3. The van der Waals surface area contributed by atoms with Crippen LogP contribution in [-0.4, -0.2) is 9.55 Å². The van der Waals surface area contributed by atoms with Crippen molar-refractivity contribution < 1.29 is 0 Å². The largest absolute Gasteiger partial charge is 0.342 e. The van der Waals surface area contributed by atoms with Gasteiger partial charge in [0.15, 0.2) is 0 Å². The van der Waals surface area contributed by atoms with Crippen molar-refractivity contribution in [3.8, 4) is 66.9 Å². The van der Waals surface area contributed by atoms with Gasteiger partial charge in [-0.15, -0.1) is 0 Å². The lowest BCUT2D eigenvalue weighted by Gasteiger charge is -2.20. The van der Waals surface area contributed by atoms with E-state index in [0.29, 0.717) is 0 Å². The first kappa shape index (κ1) is 29.0. The van der Waals surface area contributed by atoms with Crippen molar-refractivity contribution in [3.63, 3.8) is 0 Å². The van der Waals surface area contributed by atoms with Gasteiger partial charge in [-0.2, -0.15) is 0 Å². The number of hydrogen-bond acceptors (Lipinski definition) is 1. The summed E-state index contributed by atoms with van der Waals surface area (Å²) >= 11 is 0. The summed E-state index contributed by atoms with van der Waals surface area (Å²) in [6.45, 7) is 0. The highest BCUT2D eigenvalue weighted by atomic mass is 15.0. The van der Waals surface area contributed by atoms with Crippen molar-refractivity contribution in [1.29, 1.82) is 0 Å². The molecule has 0 saturated carbocycles. The van der Waals surface area contributed by atoms with Gasteiger partial charge in [-0.25, -0.2) is 4.98 Å². The Morgan fingerprint density at radius 1 is 0.365 bits per heavy atom. The molecule has 0 bridgehead atoms. The summed E-state index contributed by atoms with van der Waals surface area (Å²) in [5.41, 5.74) is 18.2. The fraction of sp³-hybridized carbons (Fsp3) is 0.0200. The Hall–Kier alpha value is -6.77. The van der Waals surface area contributed by atoms with Crippen LogP contribution in [0.3, 0.4) is 0 Å². The maximum Gasteiger partial charge on any atom is 0.0967 e. The van der Waals surface area contributed by atoms with E-state index in [2.05, 4.69) is 188 Å². The van der Waals surface area contributed by atoms with E-state index in [0.717, 1.165) is 22.3 Å². The molecule has 0 amide bonds. The van der Waals surface area contributed by atoms with Crippen LogP contribution in [0.25, 0.3) is 110 Å². The zero-order valence-corrected chi connectivity index (χ0v) is 28.6. The quantitative estimate of drug-likeness (QED) is 0.184. The first-order valence-electron chi connectivity index (χ1n) is 18.0. The molecule has 2 nitrogen and oxygen atoms in total. The Morgan fingerprint density at radius 3 is 1.56 bits per heavy atom. The molecule has 0 spiro atoms. The van der Waals surface area contributed by atoms with Gasteiger partial charge in [0.2, 0.25) is 0 Å². The predicted molar refractivity (Wildman–Crippen MR) is 219 cm³/mol. The highest BCUT2D eigenvalue weighted by Crippen LogP contribution is 2.58. The third-order valence-corrected chi connectivity index (χ3v) is 11.1. The molecular formula is C50H32N2. The number of aryl methyl sites for hydroxylation is 1. The van der Waals surface area contributed by atoms with E-state index in [4.69, 9.17) is 4.98 Å². The van der Waals surface area contributed by atoms with E-state index < -0.39 is 0 Å². The summed E-state index contributed by atoms with van der Waals surface area (Å²) in [6, 6.07) is 64.2. The zero-order chi connectivity index (χ0) is 34.3. The SMILES string of the molecule is Cn1c2ccc(-c3ccc4c5c(cccc35)-c3c-4c(-c4ccccc4)c4ccccc4c3-c3ccccc3)cc2c2nc(-c3ccccc3)ccc21. The molecule has 11 rings (SSSR count). The minimum Gasteiger partial charge on any atom is -0.342 e. The Labute approximate surface area is 301 Å². The van der Waals surface area contributed by atoms with Crippen molar-refractivity contribution in [1.82, 2.24) is 9.55 Å². The smallest absolute Gasteiger partial charge is 0.0967 e. The van der Waals surface area contributed by atoms with E-state index >= 15 is 0 Å². The fourth-order valence-electron chi connectivity index (χ4n) is 8.87. The summed E-state index contributed by atoms with van der Waals surface area (Å²) in [7, 11) is 2.14. The topological polar surface area (TPSA) is 17.8 Å². The van der Waals surface area contributed by atoms with Gasteiger partial charge in [0.05, 0.1) is 22.2 Å². The molecular weight excluding hydrogens is 629 g/mol. The molecule has 1 aliphatic carbocycles. The maximum absolute atomic E-state index is 5.24. The second-order valence-electron chi connectivity index (χ2n) is 13.9. The lowest BCUT2D eigenvalue weighted by molar-refractivity contribution is 1.01. The van der Waals surface area contributed by atoms with Crippen molar-refractivity contribution >= 4 is 43.5 Å². The van der Waals surface area contributed by atoms with Crippen molar-refractivity contribution in [2.45, 2.75) is 0 Å². The van der Waals surface area contributed by atoms with Crippen LogP contribution in [0.4, 0.5) is 0 Å². The number of fused-ring (bicyclic) bond motifs is 7. The van der Waals surface area contributed by atoms with Crippen LogP contribution in [0, 0.1) is 0 Å². The number of hydrogen-bond donors (Lipinski definition) is 0. The number of aromatic nitrogens is 2. The van der Waals surface area contributed by atoms with Crippen molar-refractivity contribution in [2.75, 3.05) is 0 Å². The first-order chi connectivity index (χ1) is 25.7. The molecule has 2 aromatic heterocycles. The summed E-state index contributed by atoms with van der Waals surface area (Å²) in [5, 5.41) is 6.32. The molecule has 2 heteroatoms. The lowest BCUT2D eigenvalue weighted by atomic mass is 9.82. The van der Waals surface area contributed by atoms with Gasteiger partial charge in [-0.05, 0) is 101 Å². The lowest BCUT2D eigenvalue weighted by Crippen LogP contribution is -1.93. The van der Waals surface area contributed by atoms with E-state index in [9.17, 15) is 0 Å². The third kappa shape index (κ3) is 4.09. The van der Waals surface area contributed by atoms with Crippen LogP contribution in [0.2, 0.25) is 0 Å². The highest BCUT2D eigenvalue weighted by Gasteiger charge is 2.31. The van der Waals surface area contributed by atoms with Crippen LogP contribution >= 0.6 is 0 Å². The highest BCUT2D eigenvalue weighted by molar-refractivity contribution is 6.29. The molecule has 0 unspecified atom stereocenters. The third-order valence-electron chi connectivity index (χ3n) is 11.1. The molecule has 0 saturated heterocycles. The monoisotopic (exact) mass is 660 g/mol. The van der Waals surface area contributed by atoms with Gasteiger partial charge in [0.1, 0.15) is 0 Å². The molecule has 0 radical (unpaired) electrons. The standard InChI is InChI=1S/C50H32N2/c1-52-43-28-24-34(30-41(43)50-44(52)29-27-42(51-50)31-14-5-2-6-15-31)35-25-26-40-47-36(35)22-13-23-39(47)48-45(32-16-7-3-8-17-32)37-20-11-12-21-38(37)46(49(40)48)33-18-9-4-10-19-33/h2-30H,1H3. The van der Waals surface area contributed by atoms with Crippen LogP contribution in [-0.2, 0) is 7.05 Å². The average Bonchev–Trinajstić information content (AvgIpc) is 3.69. The number of pyridine rings is 1. The summed E-state index contributed by atoms with van der Waals surface area (Å²) < 4.78 is 2.27. The van der Waals surface area contributed by atoms with Crippen LogP contribution in [0.15, 0.2) is 176 Å². The number of rotatable bonds is 4. The maximum atomic E-state index is 5.24. The molecule has 52 heavy (non-hydrogen) atoms. The Kier molecular flexibility index (Phi) is 6.20. The van der Waals surface area contributed by atoms with Gasteiger partial charge in [0, 0.05) is 18.0 Å². The Bertz CT molecular complexity index is 2950. The van der Waals surface area contributed by atoms with Crippen LogP contribution in [0.5, 0.6) is 0 Å². The molecule has 242 valence electrons. The molecule has 0 aliphatic heterocycles. The van der Waals surface area contributed by atoms with E-state index in [-0.39, 0.29) is 0 Å². The molecule has 10 aromatic rings. The van der Waals surface area contributed by atoms with Crippen molar-refractivity contribution in [2.24, 2.45) is 7.05 Å². The first-order valence-corrected chi connectivity index (χ1v) is 18.0. The van der Waals surface area contributed by atoms with E-state index in [1.807, 2.05) is 0 Å². The second kappa shape index (κ2) is 11.1. The summed E-state index contributed by atoms with van der Waals surface area (Å²) in [4.78, 5) is 5.24. The molecule has 1 aliphatic rings. The van der Waals surface area contributed by atoms with Gasteiger partial charge >= 0.3 is 0 Å². The fourth-order valence-corrected chi connectivity index (χ4v) is 8.87. The van der Waals surface area contributed by atoms with Crippen molar-refractivity contribution in [3.05, 3.63) is 176 Å². The van der Waals surface area contributed by atoms with Gasteiger partial charge in [0.25, 0.3) is 0 Å². The summed E-state index contributed by atoms with van der Waals surface area (Å²) in [5.74, 6) is 0. The van der Waals surface area contributed by atoms with Gasteiger partial charge in [-0.3, -0.25) is 0 Å². The Morgan fingerprint density at radius 2 is 0.904 bits per heavy atom. The minimum atomic E-state index is 0.991. The summed E-state index contributed by atoms with van der Waals surface area (Å²) in [6.07, 6.45) is 0. The zero-order valence-electron chi connectivity index (χ0n) is 28.6. The van der Waals surface area contributed by atoms with Crippen LogP contribution in [0.1, 0.15) is 0 Å².